The monoisotopic (exact) mass is 877 g/mol. The highest BCUT2D eigenvalue weighted by Gasteiger charge is 2.23. The Bertz CT molecular complexity index is 1180. The van der Waals surface area contributed by atoms with Crippen molar-refractivity contribution in [2.75, 3.05) is 40.9 Å². The summed E-state index contributed by atoms with van der Waals surface area (Å²) in [6.45, 7) is 4.37. The summed E-state index contributed by atoms with van der Waals surface area (Å²) in [4.78, 5) is 25.1. The number of amides is 1. The summed E-state index contributed by atoms with van der Waals surface area (Å²) in [7, 11) is 1.26. The number of likely N-dealkylation sites (N-methyl/N-ethyl adjacent to an activating group) is 1. The summed E-state index contributed by atoms with van der Waals surface area (Å²) >= 11 is 0. The number of unbranched alkanes of at least 4 members (excludes halogenated alkanes) is 24. The van der Waals surface area contributed by atoms with Gasteiger partial charge >= 0.3 is 0 Å². The van der Waals surface area contributed by atoms with E-state index in [1.165, 1.54) is 128 Å². The molecule has 356 valence electrons. The summed E-state index contributed by atoms with van der Waals surface area (Å²) in [5.74, 6) is -0.206. The molecule has 0 heterocycles. The highest BCUT2D eigenvalue weighted by Crippen LogP contribution is 2.38. The highest BCUT2D eigenvalue weighted by atomic mass is 31.2. The minimum absolute atomic E-state index is 0.00231. The van der Waals surface area contributed by atoms with E-state index in [-0.39, 0.29) is 19.1 Å². The van der Waals surface area contributed by atoms with E-state index in [4.69, 9.17) is 9.05 Å². The van der Waals surface area contributed by atoms with Crippen LogP contribution in [0.2, 0.25) is 0 Å². The Kier molecular flexibility index (Phi) is 42.2. The standard InChI is InChI=1S/C52H97N2O6P/c1-6-8-10-12-13-14-15-16-17-18-19-20-21-22-23-24-25-26-27-28-29-30-31-32-33-34-35-36-37-38-39-40-41-42-44-46-52(56)53-50(51(55)45-43-11-9-7-2)49-60-61(57,58)59-48-47-54(3,4)5/h8,10,13-14,16-17,19-20,43,45,50-51,55H,6-7,9,11-12,15,18,21-42,44,46-49H2,1-5H3,(H-,53,56,57,58)/b10-8-,14-13-,17-16-,20-19-,45-43+. The first-order chi connectivity index (χ1) is 29.5. The second-order valence-corrected chi connectivity index (χ2v) is 19.6. The minimum atomic E-state index is -4.57. The van der Waals surface area contributed by atoms with E-state index >= 15 is 0 Å². The third kappa shape index (κ3) is 46.0. The number of hydrogen-bond donors (Lipinski definition) is 2. The maximum atomic E-state index is 12.7. The molecule has 0 bridgehead atoms. The van der Waals surface area contributed by atoms with Crippen LogP contribution in [0.1, 0.15) is 213 Å². The van der Waals surface area contributed by atoms with Crippen molar-refractivity contribution in [2.24, 2.45) is 0 Å². The first kappa shape index (κ1) is 59.2. The Morgan fingerprint density at radius 1 is 0.590 bits per heavy atom. The van der Waals surface area contributed by atoms with E-state index in [0.717, 1.165) is 64.2 Å². The van der Waals surface area contributed by atoms with E-state index in [2.05, 4.69) is 67.8 Å². The van der Waals surface area contributed by atoms with Gasteiger partial charge in [0.25, 0.3) is 7.82 Å². The van der Waals surface area contributed by atoms with Crippen LogP contribution in [-0.2, 0) is 18.4 Å². The molecule has 2 N–H and O–H groups in total. The SMILES string of the molecule is CC/C=C\C/C=C\C/C=C\C/C=C\CCCCCCCCCCCCCCCCCCCCCCCCC(=O)NC(COP(=O)([O-])OCC[N+](C)(C)C)C(O)/C=C/CCCC. The van der Waals surface area contributed by atoms with E-state index < -0.39 is 20.0 Å². The number of carbonyl (C=O) groups is 1. The number of phosphoric ester groups is 1. The molecular formula is C52H97N2O6P. The van der Waals surface area contributed by atoms with Gasteiger partial charge in [-0.1, -0.05) is 216 Å². The predicted molar refractivity (Wildman–Crippen MR) is 261 cm³/mol. The molecule has 0 aliphatic rings. The molecule has 8 nitrogen and oxygen atoms in total. The van der Waals surface area contributed by atoms with Crippen molar-refractivity contribution in [3.63, 3.8) is 0 Å². The van der Waals surface area contributed by atoms with Gasteiger partial charge in [0.1, 0.15) is 13.2 Å². The number of aliphatic hydroxyl groups excluding tert-OH is 1. The number of nitrogens with one attached hydrogen (secondary N) is 1. The van der Waals surface area contributed by atoms with Gasteiger partial charge in [0.05, 0.1) is 39.9 Å². The molecule has 0 saturated carbocycles. The topological polar surface area (TPSA) is 108 Å². The van der Waals surface area contributed by atoms with Crippen LogP contribution in [0.25, 0.3) is 0 Å². The lowest BCUT2D eigenvalue weighted by atomic mass is 10.0. The lowest BCUT2D eigenvalue weighted by Gasteiger charge is -2.29. The molecular weight excluding hydrogens is 780 g/mol. The number of quaternary nitrogens is 1. The molecule has 0 rings (SSSR count). The van der Waals surface area contributed by atoms with Gasteiger partial charge in [0, 0.05) is 6.42 Å². The molecule has 0 radical (unpaired) electrons. The van der Waals surface area contributed by atoms with Crippen LogP contribution < -0.4 is 10.2 Å². The summed E-state index contributed by atoms with van der Waals surface area (Å²) in [5.41, 5.74) is 0. The fraction of sp³-hybridized carbons (Fsp3) is 0.788. The molecule has 3 unspecified atom stereocenters. The van der Waals surface area contributed by atoms with Crippen molar-refractivity contribution >= 4 is 13.7 Å². The molecule has 0 aliphatic heterocycles. The van der Waals surface area contributed by atoms with Gasteiger partial charge in [-0.2, -0.15) is 0 Å². The highest BCUT2D eigenvalue weighted by molar-refractivity contribution is 7.45. The maximum absolute atomic E-state index is 12.7. The number of allylic oxidation sites excluding steroid dienone is 9. The van der Waals surface area contributed by atoms with Crippen molar-refractivity contribution in [2.45, 2.75) is 225 Å². The van der Waals surface area contributed by atoms with Gasteiger partial charge in [-0.15, -0.1) is 0 Å². The maximum Gasteiger partial charge on any atom is 0.268 e. The average molecular weight is 877 g/mol. The molecule has 61 heavy (non-hydrogen) atoms. The Labute approximate surface area is 377 Å². The number of hydrogen-bond acceptors (Lipinski definition) is 6. The van der Waals surface area contributed by atoms with Crippen molar-refractivity contribution in [1.29, 1.82) is 0 Å². The molecule has 0 aromatic heterocycles. The minimum Gasteiger partial charge on any atom is -0.756 e. The average Bonchev–Trinajstić information content (AvgIpc) is 3.21. The Balaban J connectivity index is 3.73. The molecule has 0 aromatic rings. The zero-order valence-corrected chi connectivity index (χ0v) is 41.2. The van der Waals surface area contributed by atoms with Gasteiger partial charge in [0.15, 0.2) is 0 Å². The summed E-state index contributed by atoms with van der Waals surface area (Å²) < 4.78 is 23.0. The van der Waals surface area contributed by atoms with Gasteiger partial charge in [-0.25, -0.2) is 0 Å². The smallest absolute Gasteiger partial charge is 0.268 e. The normalized spacial score (nSPS) is 14.7. The zero-order chi connectivity index (χ0) is 45.0. The summed E-state index contributed by atoms with van der Waals surface area (Å²) in [5, 5.41) is 13.5. The lowest BCUT2D eigenvalue weighted by Crippen LogP contribution is -2.45. The van der Waals surface area contributed by atoms with Crippen molar-refractivity contribution < 1.29 is 32.9 Å². The summed E-state index contributed by atoms with van der Waals surface area (Å²) in [6.07, 6.45) is 58.1. The van der Waals surface area contributed by atoms with E-state index in [1.807, 2.05) is 27.2 Å². The zero-order valence-electron chi connectivity index (χ0n) is 40.4. The molecule has 0 aliphatic carbocycles. The second kappa shape index (κ2) is 43.5. The number of carbonyl (C=O) groups excluding carboxylic acids is 1. The number of nitrogens with zero attached hydrogens (tertiary/aromatic N) is 1. The Morgan fingerprint density at radius 2 is 1.00 bits per heavy atom. The van der Waals surface area contributed by atoms with E-state index in [0.29, 0.717) is 17.4 Å². The molecule has 0 fully saturated rings. The Morgan fingerprint density at radius 3 is 1.44 bits per heavy atom. The fourth-order valence-corrected chi connectivity index (χ4v) is 7.74. The molecule has 0 spiro atoms. The molecule has 0 aromatic carbocycles. The van der Waals surface area contributed by atoms with Crippen LogP contribution in [0.5, 0.6) is 0 Å². The van der Waals surface area contributed by atoms with Gasteiger partial charge in [-0.3, -0.25) is 9.36 Å². The van der Waals surface area contributed by atoms with Gasteiger partial charge in [0.2, 0.25) is 5.91 Å². The van der Waals surface area contributed by atoms with Gasteiger partial charge in [-0.05, 0) is 51.4 Å². The molecule has 0 saturated heterocycles. The van der Waals surface area contributed by atoms with Gasteiger partial charge < -0.3 is 28.8 Å². The van der Waals surface area contributed by atoms with Crippen LogP contribution in [0.4, 0.5) is 0 Å². The van der Waals surface area contributed by atoms with Crippen molar-refractivity contribution in [3.05, 3.63) is 60.8 Å². The third-order valence-electron chi connectivity index (χ3n) is 11.0. The quantitative estimate of drug-likeness (QED) is 0.0273. The first-order valence-electron chi connectivity index (χ1n) is 25.2. The van der Waals surface area contributed by atoms with Crippen molar-refractivity contribution in [3.8, 4) is 0 Å². The molecule has 1 amide bonds. The van der Waals surface area contributed by atoms with E-state index in [1.54, 1.807) is 6.08 Å². The molecule has 3 atom stereocenters. The number of aliphatic hydroxyl groups is 1. The van der Waals surface area contributed by atoms with Crippen LogP contribution in [0, 0.1) is 0 Å². The second-order valence-electron chi connectivity index (χ2n) is 18.1. The lowest BCUT2D eigenvalue weighted by molar-refractivity contribution is -0.870. The van der Waals surface area contributed by atoms with Crippen LogP contribution >= 0.6 is 7.82 Å². The number of phosphoric acid groups is 1. The van der Waals surface area contributed by atoms with Crippen LogP contribution in [-0.4, -0.2) is 68.5 Å². The third-order valence-corrected chi connectivity index (χ3v) is 11.9. The van der Waals surface area contributed by atoms with Crippen LogP contribution in [0.3, 0.4) is 0 Å². The van der Waals surface area contributed by atoms with Crippen molar-refractivity contribution in [1.82, 2.24) is 5.32 Å². The molecule has 9 heteroatoms. The first-order valence-corrected chi connectivity index (χ1v) is 26.6. The fourth-order valence-electron chi connectivity index (χ4n) is 7.01. The van der Waals surface area contributed by atoms with Crippen LogP contribution in [0.15, 0.2) is 60.8 Å². The number of rotatable bonds is 45. The largest absolute Gasteiger partial charge is 0.756 e. The summed E-state index contributed by atoms with van der Waals surface area (Å²) in [6, 6.07) is -0.881. The Hall–Kier alpha value is -1.80. The van der Waals surface area contributed by atoms with E-state index in [9.17, 15) is 19.4 Å². The predicted octanol–water partition coefficient (Wildman–Crippen LogP) is 14.0.